The predicted molar refractivity (Wildman–Crippen MR) is 122 cm³/mol. The number of ketones is 1. The number of Topliss-reactive ketones (excluding diaryl/α,β-unsaturated/α-hetero) is 1. The van der Waals surface area contributed by atoms with Crippen LogP contribution < -0.4 is 10.9 Å². The van der Waals surface area contributed by atoms with Crippen LogP contribution in [0, 0.1) is 0 Å². The van der Waals surface area contributed by atoms with E-state index in [1.165, 1.54) is 18.7 Å². The van der Waals surface area contributed by atoms with Gasteiger partial charge in [-0.05, 0) is 62.7 Å². The Bertz CT molecular complexity index is 1160. The summed E-state index contributed by atoms with van der Waals surface area (Å²) >= 11 is 7.28. The van der Waals surface area contributed by atoms with Crippen LogP contribution in [0.3, 0.4) is 0 Å². The van der Waals surface area contributed by atoms with Crippen molar-refractivity contribution in [1.29, 1.82) is 0 Å². The zero-order valence-corrected chi connectivity index (χ0v) is 18.5. The maximum Gasteiger partial charge on any atom is 0.262 e. The Morgan fingerprint density at radius 1 is 1.20 bits per heavy atom. The molecule has 0 aliphatic rings. The molecule has 0 spiro atoms. The maximum absolute atomic E-state index is 12.9. The quantitative estimate of drug-likeness (QED) is 0.323. The minimum atomic E-state index is -0.496. The first-order valence-corrected chi connectivity index (χ1v) is 10.8. The highest BCUT2D eigenvalue weighted by molar-refractivity contribution is 8.00. The minimum absolute atomic E-state index is 0.0341. The summed E-state index contributed by atoms with van der Waals surface area (Å²) < 4.78 is 1.60. The molecule has 3 aromatic rings. The molecular weight excluding hydrogens is 422 g/mol. The number of fused-ring (bicyclic) bond motifs is 1. The Hall–Kier alpha value is -2.64. The fourth-order valence-corrected chi connectivity index (χ4v) is 4.03. The molecule has 0 fully saturated rings. The molecule has 0 aliphatic heterocycles. The zero-order chi connectivity index (χ0) is 21.8. The van der Waals surface area contributed by atoms with E-state index in [4.69, 9.17) is 11.6 Å². The van der Waals surface area contributed by atoms with Crippen molar-refractivity contribution in [2.75, 3.05) is 5.32 Å². The van der Waals surface area contributed by atoms with Crippen LogP contribution >= 0.6 is 23.4 Å². The molecule has 8 heteroatoms. The van der Waals surface area contributed by atoms with E-state index >= 15 is 0 Å². The Balaban J connectivity index is 1.84. The Morgan fingerprint density at radius 2 is 1.90 bits per heavy atom. The number of carbonyl (C=O) groups is 2. The van der Waals surface area contributed by atoms with E-state index in [-0.39, 0.29) is 17.2 Å². The van der Waals surface area contributed by atoms with Gasteiger partial charge in [0.1, 0.15) is 0 Å². The van der Waals surface area contributed by atoms with E-state index in [1.807, 2.05) is 6.92 Å². The monoisotopic (exact) mass is 443 g/mol. The second-order valence-corrected chi connectivity index (χ2v) is 8.64. The topological polar surface area (TPSA) is 81.1 Å². The number of rotatable bonds is 7. The third kappa shape index (κ3) is 4.91. The summed E-state index contributed by atoms with van der Waals surface area (Å²) in [6.45, 7) is 5.74. The van der Waals surface area contributed by atoms with Gasteiger partial charge >= 0.3 is 0 Å². The number of thioether (sulfide) groups is 1. The van der Waals surface area contributed by atoms with Gasteiger partial charge in [0.05, 0.1) is 16.2 Å². The number of anilines is 1. The van der Waals surface area contributed by atoms with Crippen molar-refractivity contribution in [3.63, 3.8) is 0 Å². The lowest BCUT2D eigenvalue weighted by Crippen LogP contribution is -2.27. The smallest absolute Gasteiger partial charge is 0.262 e. The number of aromatic nitrogens is 2. The lowest BCUT2D eigenvalue weighted by Gasteiger charge is -2.16. The van der Waals surface area contributed by atoms with Gasteiger partial charge in [0, 0.05) is 22.8 Å². The Morgan fingerprint density at radius 3 is 2.53 bits per heavy atom. The highest BCUT2D eigenvalue weighted by atomic mass is 35.5. The summed E-state index contributed by atoms with van der Waals surface area (Å²) in [5, 5.41) is 3.81. The van der Waals surface area contributed by atoms with E-state index in [0.717, 1.165) is 6.42 Å². The van der Waals surface area contributed by atoms with E-state index in [9.17, 15) is 14.4 Å². The van der Waals surface area contributed by atoms with Gasteiger partial charge in [0.2, 0.25) is 5.91 Å². The van der Waals surface area contributed by atoms with Crippen LogP contribution in [0.5, 0.6) is 0 Å². The van der Waals surface area contributed by atoms with Gasteiger partial charge in [-0.1, -0.05) is 30.3 Å². The normalized spacial score (nSPS) is 12.0. The zero-order valence-electron chi connectivity index (χ0n) is 16.9. The third-order valence-electron chi connectivity index (χ3n) is 4.54. The predicted octanol–water partition coefficient (Wildman–Crippen LogP) is 4.78. The lowest BCUT2D eigenvalue weighted by atomic mass is 10.1. The van der Waals surface area contributed by atoms with Gasteiger partial charge < -0.3 is 5.32 Å². The third-order valence-corrected chi connectivity index (χ3v) is 5.87. The van der Waals surface area contributed by atoms with E-state index < -0.39 is 5.25 Å². The summed E-state index contributed by atoms with van der Waals surface area (Å²) in [5.74, 6) is -0.257. The fraction of sp³-hybridized carbons (Fsp3) is 0.273. The van der Waals surface area contributed by atoms with Crippen LogP contribution in [0.4, 0.5) is 5.69 Å². The molecule has 0 bridgehead atoms. The molecule has 3 rings (SSSR count). The average Bonchev–Trinajstić information content (AvgIpc) is 2.71. The minimum Gasteiger partial charge on any atom is -0.325 e. The molecule has 1 heterocycles. The molecule has 6 nitrogen and oxygen atoms in total. The maximum atomic E-state index is 12.9. The number of amides is 1. The summed E-state index contributed by atoms with van der Waals surface area (Å²) in [5.41, 5.74) is 1.54. The average molecular weight is 444 g/mol. The van der Waals surface area contributed by atoms with Crippen molar-refractivity contribution in [3.8, 4) is 0 Å². The summed E-state index contributed by atoms with van der Waals surface area (Å²) in [4.78, 5) is 41.6. The van der Waals surface area contributed by atoms with Crippen LogP contribution in [0.1, 0.15) is 37.6 Å². The highest BCUT2D eigenvalue weighted by Crippen LogP contribution is 2.25. The number of hydrogen-bond acceptors (Lipinski definition) is 5. The van der Waals surface area contributed by atoms with Crippen molar-refractivity contribution in [1.82, 2.24) is 9.55 Å². The van der Waals surface area contributed by atoms with Crippen molar-refractivity contribution < 1.29 is 9.59 Å². The number of hydrogen-bond donors (Lipinski definition) is 1. The molecule has 1 atom stereocenters. The molecule has 0 saturated carbocycles. The molecule has 1 aromatic heterocycles. The van der Waals surface area contributed by atoms with Crippen molar-refractivity contribution >= 4 is 51.6 Å². The van der Waals surface area contributed by atoms with Gasteiger partial charge in [-0.25, -0.2) is 4.98 Å². The van der Waals surface area contributed by atoms with Crippen LogP contribution in [0.2, 0.25) is 5.02 Å². The number of benzene rings is 2. The highest BCUT2D eigenvalue weighted by Gasteiger charge is 2.19. The molecule has 156 valence electrons. The van der Waals surface area contributed by atoms with Crippen LogP contribution in [0.25, 0.3) is 10.9 Å². The SMILES string of the molecule is CCCn1c(SC(C)C(=O)Nc2ccc(C(C)=O)cc2)nc2cc(Cl)ccc2c1=O. The first-order chi connectivity index (χ1) is 14.3. The molecule has 2 aromatic carbocycles. The molecule has 30 heavy (non-hydrogen) atoms. The summed E-state index contributed by atoms with van der Waals surface area (Å²) in [7, 11) is 0. The molecule has 1 unspecified atom stereocenters. The largest absolute Gasteiger partial charge is 0.325 e. The van der Waals surface area contributed by atoms with Gasteiger partial charge in [0.25, 0.3) is 5.56 Å². The van der Waals surface area contributed by atoms with Crippen LogP contribution in [-0.2, 0) is 11.3 Å². The number of nitrogens with one attached hydrogen (secondary N) is 1. The number of carbonyl (C=O) groups excluding carboxylic acids is 2. The van der Waals surface area contributed by atoms with Crippen molar-refractivity contribution in [2.45, 2.75) is 44.1 Å². The lowest BCUT2D eigenvalue weighted by molar-refractivity contribution is -0.115. The Labute approximate surface area is 183 Å². The van der Waals surface area contributed by atoms with Crippen molar-refractivity contribution in [2.24, 2.45) is 0 Å². The van der Waals surface area contributed by atoms with E-state index in [2.05, 4.69) is 10.3 Å². The van der Waals surface area contributed by atoms with E-state index in [1.54, 1.807) is 54.0 Å². The first-order valence-electron chi connectivity index (χ1n) is 9.58. The first kappa shape index (κ1) is 22.1. The van der Waals surface area contributed by atoms with Crippen molar-refractivity contribution in [3.05, 3.63) is 63.4 Å². The molecule has 1 amide bonds. The second-order valence-electron chi connectivity index (χ2n) is 6.90. The molecule has 0 radical (unpaired) electrons. The van der Waals surface area contributed by atoms with Gasteiger partial charge in [-0.15, -0.1) is 0 Å². The summed E-state index contributed by atoms with van der Waals surface area (Å²) in [6, 6.07) is 11.7. The second kappa shape index (κ2) is 9.45. The van der Waals surface area contributed by atoms with Gasteiger partial charge in [0.15, 0.2) is 10.9 Å². The fourth-order valence-electron chi connectivity index (χ4n) is 2.93. The van der Waals surface area contributed by atoms with Crippen LogP contribution in [0.15, 0.2) is 52.4 Å². The number of halogens is 1. The molecule has 0 aliphatic carbocycles. The van der Waals surface area contributed by atoms with E-state index in [0.29, 0.717) is 38.9 Å². The van der Waals surface area contributed by atoms with Gasteiger partial charge in [-0.2, -0.15) is 0 Å². The van der Waals surface area contributed by atoms with Gasteiger partial charge in [-0.3, -0.25) is 19.0 Å². The standard InChI is InChI=1S/C22H22ClN3O3S/c1-4-11-26-21(29)18-10-7-16(23)12-19(18)25-22(26)30-14(3)20(28)24-17-8-5-15(6-9-17)13(2)27/h5-10,12,14H,4,11H2,1-3H3,(H,24,28). The molecule has 1 N–H and O–H groups in total. The molecule has 0 saturated heterocycles. The molecular formula is C22H22ClN3O3S. The van der Waals surface area contributed by atoms with Crippen LogP contribution in [-0.4, -0.2) is 26.5 Å². The number of nitrogens with zero attached hydrogens (tertiary/aromatic N) is 2. The summed E-state index contributed by atoms with van der Waals surface area (Å²) in [6.07, 6.45) is 0.761. The Kier molecular flexibility index (Phi) is 6.95.